The van der Waals surface area contributed by atoms with Crippen LogP contribution in [-0.2, 0) is 6.42 Å². The average molecular weight is 196 g/mol. The Hall–Kier alpha value is -0.730. The Morgan fingerprint density at radius 2 is 2.14 bits per heavy atom. The van der Waals surface area contributed by atoms with Crippen molar-refractivity contribution in [3.05, 3.63) is 32.8 Å². The first-order valence-corrected chi connectivity index (χ1v) is 4.84. The van der Waals surface area contributed by atoms with Crippen LogP contribution >= 0.6 is 11.3 Å². The minimum absolute atomic E-state index is 0.566. The van der Waals surface area contributed by atoms with Crippen LogP contribution in [0.4, 0.5) is 0 Å². The van der Waals surface area contributed by atoms with Gasteiger partial charge in [0.15, 0.2) is 0 Å². The summed E-state index contributed by atoms with van der Waals surface area (Å²) in [6.07, 6.45) is 0.196. The van der Waals surface area contributed by atoms with E-state index in [-0.39, 0.29) is 0 Å². The largest absolute Gasteiger partial charge is 0.149 e. The third-order valence-electron chi connectivity index (χ3n) is 1.10. The topological polar surface area (TPSA) is 48.8 Å². The van der Waals surface area contributed by atoms with E-state index in [0.29, 0.717) is 6.54 Å². The van der Waals surface area contributed by atoms with E-state index < -0.39 is 6.39 Å². The summed E-state index contributed by atoms with van der Waals surface area (Å²) in [7, 11) is 14.0. The molecular weight excluding hydrogens is 189 g/mol. The molecule has 8 heteroatoms. The van der Waals surface area contributed by atoms with Crippen LogP contribution in [0.25, 0.3) is 10.4 Å². The molecule has 0 spiro atoms. The van der Waals surface area contributed by atoms with E-state index in [1.807, 2.05) is 17.5 Å². The molecule has 0 unspecified atom stereocenters. The fourth-order valence-corrected chi connectivity index (χ4v) is 1.36. The first-order valence-electron chi connectivity index (χ1n) is 3.96. The summed E-state index contributed by atoms with van der Waals surface area (Å²) in [6.45, 7) is 0.566. The highest BCUT2D eigenvalue weighted by Crippen LogP contribution is 2.08. The van der Waals surface area contributed by atoms with Gasteiger partial charge in [0.25, 0.3) is 0 Å². The molecule has 0 aliphatic rings. The van der Waals surface area contributed by atoms with E-state index in [9.17, 15) is 0 Å². The smallest absolute Gasteiger partial charge is 0.0306 e. The van der Waals surface area contributed by atoms with Gasteiger partial charge in [-0.25, -0.2) is 0 Å². The van der Waals surface area contributed by atoms with Gasteiger partial charge in [0.1, 0.15) is 0 Å². The van der Waals surface area contributed by atoms with Gasteiger partial charge in [-0.3, -0.25) is 0 Å². The van der Waals surface area contributed by atoms with Gasteiger partial charge in [-0.05, 0) is 23.4 Å². The highest BCUT2D eigenvalue weighted by atomic mass is 32.1. The van der Waals surface area contributed by atoms with Gasteiger partial charge < -0.3 is 0 Å². The maximum atomic E-state index is 7.96. The maximum Gasteiger partial charge on any atom is 0.0306 e. The van der Waals surface area contributed by atoms with Crippen molar-refractivity contribution >= 4 is 40.9 Å². The summed E-state index contributed by atoms with van der Waals surface area (Å²) in [4.78, 5) is 3.94. The summed E-state index contributed by atoms with van der Waals surface area (Å²) < 4.78 is 0. The summed E-state index contributed by atoms with van der Waals surface area (Å²) in [5.74, 6) is 0. The van der Waals surface area contributed by atoms with E-state index in [2.05, 4.69) is 33.2 Å². The zero-order chi connectivity index (χ0) is 10.8. The number of hydrogen-bond donors (Lipinski definition) is 0. The molecule has 0 amide bonds. The highest BCUT2D eigenvalue weighted by Gasteiger charge is 1.89. The quantitative estimate of drug-likeness (QED) is 0.301. The predicted octanol–water partition coefficient (Wildman–Crippen LogP) is 1.08. The van der Waals surface area contributed by atoms with Crippen molar-refractivity contribution in [2.45, 2.75) is 6.42 Å². The Labute approximate surface area is 92.2 Å². The van der Waals surface area contributed by atoms with Crippen LogP contribution in [-0.4, -0.2) is 36.1 Å². The molecule has 64 valence electrons. The normalized spacial score (nSPS) is 8.00. The SMILES string of the molecule is [B]B([B])[B].[N-]=[N+]=NCCc1cccs1. The monoisotopic (exact) mass is 197 g/mol. The Kier molecular flexibility index (Phi) is 8.39. The fourth-order valence-electron chi connectivity index (χ4n) is 0.660. The molecule has 0 aliphatic carbocycles. The molecule has 3 nitrogen and oxygen atoms in total. The van der Waals surface area contributed by atoms with Crippen molar-refractivity contribution in [1.82, 2.24) is 0 Å². The van der Waals surface area contributed by atoms with E-state index in [4.69, 9.17) is 5.53 Å². The molecule has 0 saturated heterocycles. The molecule has 0 aliphatic heterocycles. The standard InChI is InChI=1S/C6H7N3S.B4/c7-9-8-4-3-6-2-1-5-10-6;1-4(2)3/h1-2,5H,3-4H2;. The Morgan fingerprint density at radius 1 is 1.50 bits per heavy atom. The average Bonchev–Trinajstić information content (AvgIpc) is 2.56. The molecule has 6 radical (unpaired) electrons. The second-order valence-corrected chi connectivity index (χ2v) is 3.39. The molecule has 14 heavy (non-hydrogen) atoms. The maximum absolute atomic E-state index is 7.96. The molecule has 1 rings (SSSR count). The van der Waals surface area contributed by atoms with E-state index in [1.165, 1.54) is 4.88 Å². The lowest BCUT2D eigenvalue weighted by Crippen LogP contribution is -2.11. The molecule has 1 aromatic rings. The molecule has 1 aromatic heterocycles. The lowest BCUT2D eigenvalue weighted by atomic mass is 9.08. The van der Waals surface area contributed by atoms with Crippen LogP contribution in [0.1, 0.15) is 4.88 Å². The molecule has 0 saturated carbocycles. The Bertz CT molecular complexity index is 268. The van der Waals surface area contributed by atoms with Gasteiger partial charge >= 0.3 is 0 Å². The Morgan fingerprint density at radius 3 is 2.57 bits per heavy atom. The van der Waals surface area contributed by atoms with Crippen molar-refractivity contribution in [2.24, 2.45) is 5.11 Å². The lowest BCUT2D eigenvalue weighted by Gasteiger charge is -1.86. The van der Waals surface area contributed by atoms with Crippen molar-refractivity contribution in [1.29, 1.82) is 0 Å². The van der Waals surface area contributed by atoms with Gasteiger partial charge in [-0.15, -0.1) is 11.3 Å². The number of thiophene rings is 1. The zero-order valence-corrected chi connectivity index (χ0v) is 8.52. The van der Waals surface area contributed by atoms with Gasteiger partial charge in [0.2, 0.25) is 0 Å². The summed E-state index contributed by atoms with van der Waals surface area (Å²) in [5.41, 5.74) is 7.96. The van der Waals surface area contributed by atoms with Gasteiger partial charge in [-0.1, -0.05) is 11.2 Å². The van der Waals surface area contributed by atoms with Crippen LogP contribution in [0.2, 0.25) is 0 Å². The molecule has 0 bridgehead atoms. The molecular formula is C6H7B4N3S. The second kappa shape index (κ2) is 8.85. The number of nitrogens with zero attached hydrogens (tertiary/aromatic N) is 3. The number of azide groups is 1. The summed E-state index contributed by atoms with van der Waals surface area (Å²) in [6, 6.07) is 4.04. The number of hydrogen-bond acceptors (Lipinski definition) is 2. The second-order valence-electron chi connectivity index (χ2n) is 2.36. The van der Waals surface area contributed by atoms with Crippen LogP contribution in [0.3, 0.4) is 0 Å². The van der Waals surface area contributed by atoms with Crippen LogP contribution in [0.5, 0.6) is 0 Å². The van der Waals surface area contributed by atoms with Crippen molar-refractivity contribution in [2.75, 3.05) is 6.54 Å². The van der Waals surface area contributed by atoms with Gasteiger partial charge in [0.05, 0.1) is 0 Å². The minimum Gasteiger partial charge on any atom is -0.149 e. The minimum atomic E-state index is -0.667. The first kappa shape index (κ1) is 13.3. The third kappa shape index (κ3) is 9.36. The lowest BCUT2D eigenvalue weighted by molar-refractivity contribution is 0.974. The van der Waals surface area contributed by atoms with Crippen LogP contribution in [0, 0.1) is 0 Å². The third-order valence-corrected chi connectivity index (χ3v) is 2.04. The van der Waals surface area contributed by atoms with E-state index >= 15 is 0 Å². The summed E-state index contributed by atoms with van der Waals surface area (Å²) >= 11 is 1.69. The van der Waals surface area contributed by atoms with E-state index in [0.717, 1.165) is 6.42 Å². The van der Waals surface area contributed by atoms with Crippen molar-refractivity contribution in [3.8, 4) is 0 Å². The van der Waals surface area contributed by atoms with Gasteiger partial charge in [0, 0.05) is 45.9 Å². The Balaban J connectivity index is 0.000000364. The van der Waals surface area contributed by atoms with Crippen molar-refractivity contribution < 1.29 is 0 Å². The first-order chi connectivity index (χ1) is 6.66. The van der Waals surface area contributed by atoms with E-state index in [1.54, 1.807) is 11.3 Å². The fraction of sp³-hybridized carbons (Fsp3) is 0.333. The highest BCUT2D eigenvalue weighted by molar-refractivity contribution is 7.49. The van der Waals surface area contributed by atoms with Crippen LogP contribution in [0.15, 0.2) is 22.6 Å². The molecule has 0 N–H and O–H groups in total. The van der Waals surface area contributed by atoms with Gasteiger partial charge in [-0.2, -0.15) is 0 Å². The molecule has 0 fully saturated rings. The van der Waals surface area contributed by atoms with Crippen LogP contribution < -0.4 is 0 Å². The number of rotatable bonds is 3. The predicted molar refractivity (Wildman–Crippen MR) is 65.1 cm³/mol. The molecule has 0 aromatic carbocycles. The zero-order valence-electron chi connectivity index (χ0n) is 7.71. The van der Waals surface area contributed by atoms with Crippen molar-refractivity contribution in [3.63, 3.8) is 0 Å². The molecule has 0 atom stereocenters. The summed E-state index contributed by atoms with van der Waals surface area (Å²) in [5, 5.41) is 5.45. The molecule has 1 heterocycles.